The van der Waals surface area contributed by atoms with Gasteiger partial charge in [-0.2, -0.15) is 0 Å². The SMILES string of the molecule is C[C@@H](C(=O)N1CCN([C@H]2CCNC(=O)CC2)CC1)C(C)(C)C. The van der Waals surface area contributed by atoms with Crippen molar-refractivity contribution in [3.8, 4) is 0 Å². The summed E-state index contributed by atoms with van der Waals surface area (Å²) in [7, 11) is 0. The molecule has 2 fully saturated rings. The highest BCUT2D eigenvalue weighted by atomic mass is 16.2. The van der Waals surface area contributed by atoms with Crippen LogP contribution >= 0.6 is 0 Å². The Morgan fingerprint density at radius 2 is 1.82 bits per heavy atom. The second kappa shape index (κ2) is 6.99. The molecule has 0 unspecified atom stereocenters. The van der Waals surface area contributed by atoms with Gasteiger partial charge in [0.15, 0.2) is 0 Å². The highest BCUT2D eigenvalue weighted by molar-refractivity contribution is 5.79. The standard InChI is InChI=1S/C17H31N3O2/c1-13(17(2,3)4)16(22)20-11-9-19(10-12-20)14-5-6-15(21)18-8-7-14/h13-14H,5-12H2,1-4H3,(H,18,21)/t13-,14+/m0/s1. The zero-order valence-electron chi connectivity index (χ0n) is 14.5. The van der Waals surface area contributed by atoms with E-state index in [9.17, 15) is 9.59 Å². The van der Waals surface area contributed by atoms with Gasteiger partial charge in [0.25, 0.3) is 0 Å². The minimum absolute atomic E-state index is 0.0154. The predicted molar refractivity (Wildman–Crippen MR) is 87.4 cm³/mol. The fourth-order valence-corrected chi connectivity index (χ4v) is 3.23. The molecule has 2 aliphatic rings. The Balaban J connectivity index is 1.85. The number of carbonyl (C=O) groups excluding carboxylic acids is 2. The molecule has 5 nitrogen and oxygen atoms in total. The molecule has 0 saturated carbocycles. The Morgan fingerprint density at radius 3 is 2.41 bits per heavy atom. The van der Waals surface area contributed by atoms with Crippen LogP contribution in [0, 0.1) is 11.3 Å². The van der Waals surface area contributed by atoms with E-state index < -0.39 is 0 Å². The van der Waals surface area contributed by atoms with Gasteiger partial charge in [-0.3, -0.25) is 14.5 Å². The van der Waals surface area contributed by atoms with Gasteiger partial charge in [0.1, 0.15) is 0 Å². The lowest BCUT2D eigenvalue weighted by atomic mass is 9.81. The monoisotopic (exact) mass is 309 g/mol. The molecule has 0 radical (unpaired) electrons. The van der Waals surface area contributed by atoms with Crippen LogP contribution in [-0.2, 0) is 9.59 Å². The van der Waals surface area contributed by atoms with E-state index in [1.807, 2.05) is 11.8 Å². The van der Waals surface area contributed by atoms with Crippen molar-refractivity contribution >= 4 is 11.8 Å². The lowest BCUT2D eigenvalue weighted by Crippen LogP contribution is -2.54. The van der Waals surface area contributed by atoms with Crippen LogP contribution in [0.2, 0.25) is 0 Å². The molecular formula is C17H31N3O2. The van der Waals surface area contributed by atoms with Crippen LogP contribution < -0.4 is 5.32 Å². The number of carbonyl (C=O) groups is 2. The molecule has 2 heterocycles. The van der Waals surface area contributed by atoms with Crippen LogP contribution in [0.15, 0.2) is 0 Å². The van der Waals surface area contributed by atoms with Crippen molar-refractivity contribution in [2.24, 2.45) is 11.3 Å². The van der Waals surface area contributed by atoms with Crippen LogP contribution in [0.1, 0.15) is 47.0 Å². The zero-order valence-corrected chi connectivity index (χ0v) is 14.5. The molecule has 2 saturated heterocycles. The van der Waals surface area contributed by atoms with Crippen LogP contribution in [0.3, 0.4) is 0 Å². The minimum Gasteiger partial charge on any atom is -0.356 e. The molecule has 126 valence electrons. The number of nitrogens with one attached hydrogen (secondary N) is 1. The number of hydrogen-bond donors (Lipinski definition) is 1. The number of amides is 2. The van der Waals surface area contributed by atoms with E-state index in [0.717, 1.165) is 45.6 Å². The minimum atomic E-state index is 0.0154. The molecule has 2 atom stereocenters. The summed E-state index contributed by atoms with van der Waals surface area (Å²) in [6.07, 6.45) is 2.60. The van der Waals surface area contributed by atoms with Crippen molar-refractivity contribution in [1.29, 1.82) is 0 Å². The maximum absolute atomic E-state index is 12.6. The highest BCUT2D eigenvalue weighted by Crippen LogP contribution is 2.27. The van der Waals surface area contributed by atoms with E-state index in [4.69, 9.17) is 0 Å². The summed E-state index contributed by atoms with van der Waals surface area (Å²) < 4.78 is 0. The van der Waals surface area contributed by atoms with Gasteiger partial charge in [-0.25, -0.2) is 0 Å². The third-order valence-corrected chi connectivity index (χ3v) is 5.32. The lowest BCUT2D eigenvalue weighted by Gasteiger charge is -2.41. The van der Waals surface area contributed by atoms with Gasteiger partial charge >= 0.3 is 0 Å². The van der Waals surface area contributed by atoms with Crippen molar-refractivity contribution in [3.63, 3.8) is 0 Å². The van der Waals surface area contributed by atoms with E-state index in [2.05, 4.69) is 31.0 Å². The number of piperazine rings is 1. The first-order valence-corrected chi connectivity index (χ1v) is 8.58. The molecule has 22 heavy (non-hydrogen) atoms. The van der Waals surface area contributed by atoms with Crippen molar-refractivity contribution in [3.05, 3.63) is 0 Å². The first-order chi connectivity index (χ1) is 10.3. The number of hydrogen-bond acceptors (Lipinski definition) is 3. The molecule has 2 amide bonds. The number of rotatable bonds is 2. The van der Waals surface area contributed by atoms with Gasteiger partial charge in [-0.1, -0.05) is 27.7 Å². The molecule has 0 aromatic rings. The summed E-state index contributed by atoms with van der Waals surface area (Å²) in [5.74, 6) is 0.513. The quantitative estimate of drug-likeness (QED) is 0.841. The molecule has 2 aliphatic heterocycles. The molecule has 0 spiro atoms. The average Bonchev–Trinajstić information content (AvgIpc) is 2.70. The third kappa shape index (κ3) is 4.22. The first-order valence-electron chi connectivity index (χ1n) is 8.58. The fraction of sp³-hybridized carbons (Fsp3) is 0.882. The summed E-state index contributed by atoms with van der Waals surface area (Å²) in [6.45, 7) is 12.7. The van der Waals surface area contributed by atoms with E-state index in [1.165, 1.54) is 0 Å². The van der Waals surface area contributed by atoms with Crippen LogP contribution in [0.4, 0.5) is 0 Å². The fourth-order valence-electron chi connectivity index (χ4n) is 3.23. The summed E-state index contributed by atoms with van der Waals surface area (Å²) >= 11 is 0. The summed E-state index contributed by atoms with van der Waals surface area (Å²) in [5.41, 5.74) is 0.0154. The smallest absolute Gasteiger partial charge is 0.226 e. The number of nitrogens with zero attached hydrogens (tertiary/aromatic N) is 2. The third-order valence-electron chi connectivity index (χ3n) is 5.32. The topological polar surface area (TPSA) is 52.7 Å². The summed E-state index contributed by atoms with van der Waals surface area (Å²) in [6, 6.07) is 0.483. The molecule has 0 aromatic heterocycles. The van der Waals surface area contributed by atoms with E-state index in [-0.39, 0.29) is 23.1 Å². The van der Waals surface area contributed by atoms with Gasteiger partial charge in [0.2, 0.25) is 11.8 Å². The van der Waals surface area contributed by atoms with Crippen LogP contribution in [0.25, 0.3) is 0 Å². The molecule has 0 aromatic carbocycles. The summed E-state index contributed by atoms with van der Waals surface area (Å²) in [4.78, 5) is 28.5. The maximum Gasteiger partial charge on any atom is 0.226 e. The second-order valence-corrected chi connectivity index (χ2v) is 7.78. The Hall–Kier alpha value is -1.10. The maximum atomic E-state index is 12.6. The average molecular weight is 309 g/mol. The first kappa shape index (κ1) is 17.3. The second-order valence-electron chi connectivity index (χ2n) is 7.78. The van der Waals surface area contributed by atoms with E-state index in [1.54, 1.807) is 0 Å². The van der Waals surface area contributed by atoms with Crippen molar-refractivity contribution in [1.82, 2.24) is 15.1 Å². The summed E-state index contributed by atoms with van der Waals surface area (Å²) in [5, 5.41) is 2.94. The van der Waals surface area contributed by atoms with Gasteiger partial charge in [-0.15, -0.1) is 0 Å². The molecule has 0 bridgehead atoms. The van der Waals surface area contributed by atoms with Crippen molar-refractivity contribution < 1.29 is 9.59 Å². The molecule has 2 rings (SSSR count). The van der Waals surface area contributed by atoms with Gasteiger partial charge in [0.05, 0.1) is 0 Å². The van der Waals surface area contributed by atoms with E-state index >= 15 is 0 Å². The normalized spacial score (nSPS) is 26.3. The highest BCUT2D eigenvalue weighted by Gasteiger charge is 2.33. The van der Waals surface area contributed by atoms with Gasteiger partial charge in [-0.05, 0) is 18.3 Å². The Kier molecular flexibility index (Phi) is 5.48. The van der Waals surface area contributed by atoms with Gasteiger partial charge < -0.3 is 10.2 Å². The molecule has 5 heteroatoms. The van der Waals surface area contributed by atoms with Crippen molar-refractivity contribution in [2.45, 2.75) is 53.0 Å². The predicted octanol–water partition coefficient (Wildman–Crippen LogP) is 1.48. The van der Waals surface area contributed by atoms with E-state index in [0.29, 0.717) is 12.5 Å². The van der Waals surface area contributed by atoms with Crippen LogP contribution in [0.5, 0.6) is 0 Å². The largest absolute Gasteiger partial charge is 0.356 e. The molecular weight excluding hydrogens is 278 g/mol. The Morgan fingerprint density at radius 1 is 1.18 bits per heavy atom. The zero-order chi connectivity index (χ0) is 16.3. The molecule has 0 aliphatic carbocycles. The van der Waals surface area contributed by atoms with Crippen molar-refractivity contribution in [2.75, 3.05) is 32.7 Å². The Labute approximate surface area is 134 Å². The Bertz CT molecular complexity index is 409. The van der Waals surface area contributed by atoms with Gasteiger partial charge in [0, 0.05) is 51.1 Å². The molecule has 1 N–H and O–H groups in total. The lowest BCUT2D eigenvalue weighted by molar-refractivity contribution is -0.140. The van der Waals surface area contributed by atoms with Crippen LogP contribution in [-0.4, -0.2) is 60.4 Å².